The van der Waals surface area contributed by atoms with E-state index in [0.29, 0.717) is 16.5 Å². The van der Waals surface area contributed by atoms with E-state index in [1.807, 2.05) is 0 Å². The van der Waals surface area contributed by atoms with Crippen molar-refractivity contribution in [3.8, 4) is 5.75 Å². The second-order valence-electron chi connectivity index (χ2n) is 5.43. The van der Waals surface area contributed by atoms with E-state index in [4.69, 9.17) is 32.7 Å². The molecule has 2 rings (SSSR count). The van der Waals surface area contributed by atoms with Crippen LogP contribution >= 0.6 is 23.2 Å². The molecule has 2 aromatic rings. The number of esters is 1. The van der Waals surface area contributed by atoms with E-state index in [-0.39, 0.29) is 17.1 Å². The molecule has 1 aromatic heterocycles. The number of rotatable bonds is 6. The lowest BCUT2D eigenvalue weighted by Crippen LogP contribution is -2.32. The number of anilines is 1. The number of ether oxygens (including phenoxy) is 2. The van der Waals surface area contributed by atoms with Gasteiger partial charge in [0.25, 0.3) is 5.91 Å². The van der Waals surface area contributed by atoms with Crippen LogP contribution in [-0.2, 0) is 9.53 Å². The Morgan fingerprint density at radius 1 is 1.31 bits per heavy atom. The molecule has 8 heteroatoms. The third kappa shape index (κ3) is 4.65. The van der Waals surface area contributed by atoms with Gasteiger partial charge < -0.3 is 14.8 Å². The van der Waals surface area contributed by atoms with Gasteiger partial charge in [0.05, 0.1) is 18.4 Å². The summed E-state index contributed by atoms with van der Waals surface area (Å²) < 4.78 is 10.5. The minimum atomic E-state index is -1.00. The SMILES string of the molecule is CCC(OC(=O)c1cccnc1Cl)C(=O)Nc1cc(C)c(Cl)cc1OC. The van der Waals surface area contributed by atoms with Crippen molar-refractivity contribution in [1.29, 1.82) is 0 Å². The monoisotopic (exact) mass is 396 g/mol. The molecule has 0 bridgehead atoms. The fraction of sp³-hybridized carbons (Fsp3) is 0.278. The lowest BCUT2D eigenvalue weighted by Gasteiger charge is -2.18. The number of hydrogen-bond acceptors (Lipinski definition) is 5. The smallest absolute Gasteiger partial charge is 0.342 e. The summed E-state index contributed by atoms with van der Waals surface area (Å²) in [4.78, 5) is 28.6. The second-order valence-corrected chi connectivity index (χ2v) is 6.20. The standard InChI is InChI=1S/C18H18Cl2N2O4/c1-4-14(26-18(24)11-6-5-7-21-16(11)20)17(23)22-13-8-10(2)12(19)9-15(13)25-3/h5-9,14H,4H2,1-3H3,(H,22,23). The molecule has 1 N–H and O–H groups in total. The Labute approximate surface area is 161 Å². The number of halogens is 2. The molecule has 0 aliphatic rings. The van der Waals surface area contributed by atoms with Crippen molar-refractivity contribution in [2.75, 3.05) is 12.4 Å². The van der Waals surface area contributed by atoms with Crippen LogP contribution in [0, 0.1) is 6.92 Å². The number of methoxy groups -OCH3 is 1. The zero-order valence-electron chi connectivity index (χ0n) is 14.5. The van der Waals surface area contributed by atoms with Crippen molar-refractivity contribution in [1.82, 2.24) is 4.98 Å². The maximum Gasteiger partial charge on any atom is 0.342 e. The Balaban J connectivity index is 2.16. The number of carbonyl (C=O) groups excluding carboxylic acids is 2. The molecule has 0 saturated carbocycles. The molecule has 1 atom stereocenters. The van der Waals surface area contributed by atoms with Crippen molar-refractivity contribution in [2.45, 2.75) is 26.4 Å². The van der Waals surface area contributed by atoms with Gasteiger partial charge in [0, 0.05) is 17.3 Å². The number of aromatic nitrogens is 1. The van der Waals surface area contributed by atoms with E-state index in [1.165, 1.54) is 19.4 Å². The summed E-state index contributed by atoms with van der Waals surface area (Å²) in [5.74, 6) is -0.796. The van der Waals surface area contributed by atoms with E-state index >= 15 is 0 Å². The van der Waals surface area contributed by atoms with Crippen LogP contribution in [0.2, 0.25) is 10.2 Å². The van der Waals surface area contributed by atoms with Crippen molar-refractivity contribution in [3.63, 3.8) is 0 Å². The molecule has 1 amide bonds. The minimum Gasteiger partial charge on any atom is -0.495 e. The Hall–Kier alpha value is -2.31. The van der Waals surface area contributed by atoms with E-state index in [0.717, 1.165) is 5.56 Å². The van der Waals surface area contributed by atoms with Gasteiger partial charge in [0.2, 0.25) is 0 Å². The highest BCUT2D eigenvalue weighted by Gasteiger charge is 2.24. The molecule has 0 spiro atoms. The largest absolute Gasteiger partial charge is 0.495 e. The van der Waals surface area contributed by atoms with Crippen LogP contribution in [0.1, 0.15) is 29.3 Å². The number of aryl methyl sites for hydroxylation is 1. The fourth-order valence-electron chi connectivity index (χ4n) is 2.20. The van der Waals surface area contributed by atoms with E-state index < -0.39 is 18.0 Å². The highest BCUT2D eigenvalue weighted by atomic mass is 35.5. The van der Waals surface area contributed by atoms with Gasteiger partial charge in [0.1, 0.15) is 10.9 Å². The normalized spacial score (nSPS) is 11.6. The number of pyridine rings is 1. The Morgan fingerprint density at radius 2 is 2.04 bits per heavy atom. The first kappa shape index (κ1) is 20.0. The highest BCUT2D eigenvalue weighted by molar-refractivity contribution is 6.32. The number of benzene rings is 1. The van der Waals surface area contributed by atoms with Crippen molar-refractivity contribution in [2.24, 2.45) is 0 Å². The van der Waals surface area contributed by atoms with Crippen LogP contribution in [0.4, 0.5) is 5.69 Å². The summed E-state index contributed by atoms with van der Waals surface area (Å²) in [5.41, 5.74) is 1.31. The summed E-state index contributed by atoms with van der Waals surface area (Å²) in [5, 5.41) is 3.24. The first-order valence-corrected chi connectivity index (χ1v) is 8.59. The summed E-state index contributed by atoms with van der Waals surface area (Å²) in [6.45, 7) is 3.53. The molecular formula is C18H18Cl2N2O4. The maximum absolute atomic E-state index is 12.5. The molecule has 138 valence electrons. The van der Waals surface area contributed by atoms with Crippen molar-refractivity contribution in [3.05, 3.63) is 51.8 Å². The molecule has 1 unspecified atom stereocenters. The zero-order chi connectivity index (χ0) is 19.3. The van der Waals surface area contributed by atoms with Crippen LogP contribution in [-0.4, -0.2) is 30.1 Å². The lowest BCUT2D eigenvalue weighted by molar-refractivity contribution is -0.124. The first-order chi connectivity index (χ1) is 12.4. The van der Waals surface area contributed by atoms with Gasteiger partial charge in [0.15, 0.2) is 6.10 Å². The predicted octanol–water partition coefficient (Wildman–Crippen LogP) is 4.28. The number of carbonyl (C=O) groups is 2. The average Bonchev–Trinajstić information content (AvgIpc) is 2.62. The third-order valence-corrected chi connectivity index (χ3v) is 4.34. The summed E-state index contributed by atoms with van der Waals surface area (Å²) >= 11 is 11.9. The molecule has 0 radical (unpaired) electrons. The second kappa shape index (κ2) is 8.87. The van der Waals surface area contributed by atoms with Gasteiger partial charge in [-0.1, -0.05) is 30.1 Å². The molecule has 0 saturated heterocycles. The molecule has 6 nitrogen and oxygen atoms in total. The van der Waals surface area contributed by atoms with E-state index in [9.17, 15) is 9.59 Å². The number of nitrogens with one attached hydrogen (secondary N) is 1. The summed E-state index contributed by atoms with van der Waals surface area (Å²) in [6.07, 6.45) is 0.738. The Kier molecular flexibility index (Phi) is 6.83. The molecule has 0 aliphatic heterocycles. The molecule has 0 fully saturated rings. The zero-order valence-corrected chi connectivity index (χ0v) is 16.0. The van der Waals surface area contributed by atoms with Gasteiger partial charge in [-0.15, -0.1) is 0 Å². The topological polar surface area (TPSA) is 77.5 Å². The molecule has 1 aromatic carbocycles. The molecule has 1 heterocycles. The number of hydrogen-bond donors (Lipinski definition) is 1. The number of amides is 1. The van der Waals surface area contributed by atoms with Gasteiger partial charge in [-0.05, 0) is 37.1 Å². The van der Waals surface area contributed by atoms with E-state index in [2.05, 4.69) is 10.3 Å². The van der Waals surface area contributed by atoms with Crippen molar-refractivity contribution < 1.29 is 19.1 Å². The highest BCUT2D eigenvalue weighted by Crippen LogP contribution is 2.31. The van der Waals surface area contributed by atoms with E-state index in [1.54, 1.807) is 32.0 Å². The average molecular weight is 397 g/mol. The van der Waals surface area contributed by atoms with Gasteiger partial charge in [-0.3, -0.25) is 4.79 Å². The first-order valence-electron chi connectivity index (χ1n) is 7.83. The van der Waals surface area contributed by atoms with Gasteiger partial charge >= 0.3 is 5.97 Å². The van der Waals surface area contributed by atoms with Crippen LogP contribution in [0.25, 0.3) is 0 Å². The third-order valence-electron chi connectivity index (χ3n) is 3.63. The molecule has 26 heavy (non-hydrogen) atoms. The molecule has 0 aliphatic carbocycles. The predicted molar refractivity (Wildman–Crippen MR) is 100 cm³/mol. The Bertz CT molecular complexity index is 827. The van der Waals surface area contributed by atoms with Crippen LogP contribution < -0.4 is 10.1 Å². The van der Waals surface area contributed by atoms with Gasteiger partial charge in [-0.25, -0.2) is 9.78 Å². The van der Waals surface area contributed by atoms with Crippen molar-refractivity contribution >= 4 is 40.8 Å². The van der Waals surface area contributed by atoms with Crippen LogP contribution in [0.3, 0.4) is 0 Å². The maximum atomic E-state index is 12.5. The fourth-order valence-corrected chi connectivity index (χ4v) is 2.55. The molecular weight excluding hydrogens is 379 g/mol. The quantitative estimate of drug-likeness (QED) is 0.582. The number of nitrogens with zero attached hydrogens (tertiary/aromatic N) is 1. The van der Waals surface area contributed by atoms with Crippen LogP contribution in [0.15, 0.2) is 30.5 Å². The van der Waals surface area contributed by atoms with Crippen LogP contribution in [0.5, 0.6) is 5.75 Å². The van der Waals surface area contributed by atoms with Gasteiger partial charge in [-0.2, -0.15) is 0 Å². The summed E-state index contributed by atoms with van der Waals surface area (Å²) in [7, 11) is 1.47. The lowest BCUT2D eigenvalue weighted by atomic mass is 10.2. The summed E-state index contributed by atoms with van der Waals surface area (Å²) in [6, 6.07) is 6.33. The minimum absolute atomic E-state index is 0.0164. The Morgan fingerprint density at radius 3 is 2.65 bits per heavy atom.